The number of fused-ring (bicyclic) bond motifs is 9. The molecule has 3 heterocycles. The molecule has 272 valence electrons. The van der Waals surface area contributed by atoms with Crippen LogP contribution in [0.3, 0.4) is 0 Å². The van der Waals surface area contributed by atoms with E-state index < -0.39 is 0 Å². The van der Waals surface area contributed by atoms with Crippen LogP contribution in [0, 0.1) is 0 Å². The third kappa shape index (κ3) is 5.19. The van der Waals surface area contributed by atoms with Gasteiger partial charge in [-0.15, -0.1) is 11.3 Å². The van der Waals surface area contributed by atoms with E-state index in [0.717, 1.165) is 83.2 Å². The lowest BCUT2D eigenvalue weighted by Crippen LogP contribution is -2.10. The molecule has 0 spiro atoms. The predicted octanol–water partition coefficient (Wildman–Crippen LogP) is 16.3. The summed E-state index contributed by atoms with van der Waals surface area (Å²) in [6.07, 6.45) is 0. The normalized spacial score (nSPS) is 11.8. The van der Waals surface area contributed by atoms with Gasteiger partial charge in [-0.25, -0.2) is 0 Å². The van der Waals surface area contributed by atoms with Crippen LogP contribution in [0.1, 0.15) is 0 Å². The quantitative estimate of drug-likeness (QED) is 0.169. The molecule has 0 N–H and O–H groups in total. The molecule has 0 radical (unpaired) electrons. The summed E-state index contributed by atoms with van der Waals surface area (Å²) < 4.78 is 15.4. The van der Waals surface area contributed by atoms with Crippen molar-refractivity contribution in [2.24, 2.45) is 0 Å². The fraction of sp³-hybridized carbons (Fsp3) is 0. The van der Waals surface area contributed by atoms with E-state index in [2.05, 4.69) is 181 Å². The van der Waals surface area contributed by atoms with Crippen LogP contribution in [-0.2, 0) is 0 Å². The van der Waals surface area contributed by atoms with Gasteiger partial charge in [-0.1, -0.05) is 146 Å². The summed E-state index contributed by atoms with van der Waals surface area (Å²) in [5, 5.41) is 7.02. The standard InChI is InChI=1S/C54H33NO2S/c1-2-11-34(12-3-1)37-27-32-46-51(33-37)58-50-22-10-19-47(52(46)50)55(38-28-23-35(24-29-38)40-15-8-17-44-42-13-4-6-20-48(42)56-53(40)44)39-30-25-36(26-31-39)41-16-9-18-45-43-14-5-7-21-49(43)57-54(41)45/h1-33H. The summed E-state index contributed by atoms with van der Waals surface area (Å²) in [6, 6.07) is 71.4. The van der Waals surface area contributed by atoms with Crippen molar-refractivity contribution in [3.63, 3.8) is 0 Å². The SMILES string of the molecule is c1ccc(-c2ccc3c(c2)sc2cccc(N(c4ccc(-c5cccc6c5oc5ccccc56)cc4)c4ccc(-c5cccc6c5oc5ccccc56)cc4)c23)cc1. The first-order valence-corrected chi connectivity index (χ1v) is 20.4. The van der Waals surface area contributed by atoms with Gasteiger partial charge in [0, 0.05) is 64.2 Å². The highest BCUT2D eigenvalue weighted by Gasteiger charge is 2.21. The van der Waals surface area contributed by atoms with Crippen molar-refractivity contribution in [2.75, 3.05) is 4.90 Å². The minimum atomic E-state index is 0.903. The molecule has 3 aromatic heterocycles. The van der Waals surface area contributed by atoms with E-state index in [9.17, 15) is 0 Å². The zero-order valence-corrected chi connectivity index (χ0v) is 32.0. The van der Waals surface area contributed by atoms with Crippen LogP contribution >= 0.6 is 11.3 Å². The molecule has 0 aliphatic carbocycles. The summed E-state index contributed by atoms with van der Waals surface area (Å²) in [5.74, 6) is 0. The van der Waals surface area contributed by atoms with Crippen LogP contribution in [0.15, 0.2) is 209 Å². The second-order valence-corrected chi connectivity index (χ2v) is 15.9. The van der Waals surface area contributed by atoms with Gasteiger partial charge >= 0.3 is 0 Å². The van der Waals surface area contributed by atoms with Crippen LogP contribution < -0.4 is 4.90 Å². The van der Waals surface area contributed by atoms with Crippen molar-refractivity contribution >= 4 is 92.4 Å². The zero-order chi connectivity index (χ0) is 38.2. The van der Waals surface area contributed by atoms with Gasteiger partial charge in [0.15, 0.2) is 0 Å². The third-order valence-corrected chi connectivity index (χ3v) is 12.6. The van der Waals surface area contributed by atoms with Gasteiger partial charge in [-0.3, -0.25) is 0 Å². The summed E-state index contributed by atoms with van der Waals surface area (Å²) in [6.45, 7) is 0. The Balaban J connectivity index is 1.01. The maximum absolute atomic E-state index is 6.45. The molecule has 58 heavy (non-hydrogen) atoms. The summed E-state index contributed by atoms with van der Waals surface area (Å²) in [4.78, 5) is 2.40. The predicted molar refractivity (Wildman–Crippen MR) is 245 cm³/mol. The number of para-hydroxylation sites is 4. The van der Waals surface area contributed by atoms with Crippen molar-refractivity contribution in [1.29, 1.82) is 0 Å². The molecule has 0 atom stereocenters. The molecule has 0 aliphatic heterocycles. The Bertz CT molecular complexity index is 3340. The van der Waals surface area contributed by atoms with Crippen LogP contribution in [0.4, 0.5) is 17.1 Å². The molecular formula is C54H33NO2S. The van der Waals surface area contributed by atoms with E-state index in [-0.39, 0.29) is 0 Å². The van der Waals surface area contributed by atoms with E-state index >= 15 is 0 Å². The molecule has 12 rings (SSSR count). The highest BCUT2D eigenvalue weighted by Crippen LogP contribution is 2.47. The van der Waals surface area contributed by atoms with Gasteiger partial charge < -0.3 is 13.7 Å². The fourth-order valence-corrected chi connectivity index (χ4v) is 9.93. The number of hydrogen-bond donors (Lipinski definition) is 0. The van der Waals surface area contributed by atoms with E-state index in [1.165, 1.54) is 31.3 Å². The maximum Gasteiger partial charge on any atom is 0.143 e. The number of benzene rings is 9. The minimum Gasteiger partial charge on any atom is -0.455 e. The molecule has 0 fully saturated rings. The van der Waals surface area contributed by atoms with E-state index in [1.807, 2.05) is 35.6 Å². The van der Waals surface area contributed by atoms with Crippen LogP contribution in [-0.4, -0.2) is 0 Å². The van der Waals surface area contributed by atoms with Crippen molar-refractivity contribution in [1.82, 2.24) is 0 Å². The molecule has 9 aromatic carbocycles. The Kier molecular flexibility index (Phi) is 7.40. The Hall–Kier alpha value is -7.40. The van der Waals surface area contributed by atoms with Gasteiger partial charge in [0.1, 0.15) is 22.3 Å². The van der Waals surface area contributed by atoms with E-state index in [1.54, 1.807) is 0 Å². The van der Waals surface area contributed by atoms with Gasteiger partial charge in [-0.05, 0) is 76.9 Å². The highest BCUT2D eigenvalue weighted by molar-refractivity contribution is 7.26. The lowest BCUT2D eigenvalue weighted by atomic mass is 10.00. The lowest BCUT2D eigenvalue weighted by molar-refractivity contribution is 0.669. The molecule has 4 heteroatoms. The number of hydrogen-bond acceptors (Lipinski definition) is 4. The average Bonchev–Trinajstić information content (AvgIpc) is 3.99. The topological polar surface area (TPSA) is 29.5 Å². The Morgan fingerprint density at radius 2 is 0.862 bits per heavy atom. The monoisotopic (exact) mass is 759 g/mol. The van der Waals surface area contributed by atoms with Gasteiger partial charge in [0.05, 0.1) is 5.69 Å². The van der Waals surface area contributed by atoms with Crippen molar-refractivity contribution in [3.8, 4) is 33.4 Å². The zero-order valence-electron chi connectivity index (χ0n) is 31.2. The molecule has 0 aliphatic rings. The van der Waals surface area contributed by atoms with Crippen molar-refractivity contribution in [2.45, 2.75) is 0 Å². The van der Waals surface area contributed by atoms with Gasteiger partial charge in [0.25, 0.3) is 0 Å². The van der Waals surface area contributed by atoms with Gasteiger partial charge in [-0.2, -0.15) is 0 Å². The van der Waals surface area contributed by atoms with Crippen LogP contribution in [0.5, 0.6) is 0 Å². The van der Waals surface area contributed by atoms with Crippen molar-refractivity contribution in [3.05, 3.63) is 200 Å². The van der Waals surface area contributed by atoms with E-state index in [4.69, 9.17) is 8.83 Å². The largest absolute Gasteiger partial charge is 0.455 e. The third-order valence-electron chi connectivity index (χ3n) is 11.5. The molecule has 0 unspecified atom stereocenters. The molecule has 0 amide bonds. The molecule has 0 saturated carbocycles. The number of rotatable bonds is 6. The molecular weight excluding hydrogens is 727 g/mol. The van der Waals surface area contributed by atoms with E-state index in [0.29, 0.717) is 0 Å². The summed E-state index contributed by atoms with van der Waals surface area (Å²) >= 11 is 1.85. The second kappa shape index (κ2) is 13.1. The second-order valence-electron chi connectivity index (χ2n) is 14.8. The first-order valence-electron chi connectivity index (χ1n) is 19.6. The Labute approximate surface area is 338 Å². The smallest absolute Gasteiger partial charge is 0.143 e. The molecule has 0 saturated heterocycles. The van der Waals surface area contributed by atoms with Crippen LogP contribution in [0.2, 0.25) is 0 Å². The number of anilines is 3. The first kappa shape index (κ1) is 32.8. The Morgan fingerprint density at radius 3 is 1.47 bits per heavy atom. The lowest BCUT2D eigenvalue weighted by Gasteiger charge is -2.27. The fourth-order valence-electron chi connectivity index (χ4n) is 8.76. The first-order chi connectivity index (χ1) is 28.7. The summed E-state index contributed by atoms with van der Waals surface area (Å²) in [7, 11) is 0. The molecule has 3 nitrogen and oxygen atoms in total. The van der Waals surface area contributed by atoms with Gasteiger partial charge in [0.2, 0.25) is 0 Å². The van der Waals surface area contributed by atoms with Crippen molar-refractivity contribution < 1.29 is 8.83 Å². The Morgan fingerprint density at radius 1 is 0.345 bits per heavy atom. The van der Waals surface area contributed by atoms with Crippen LogP contribution in [0.25, 0.3) is 97.4 Å². The number of furan rings is 2. The average molecular weight is 760 g/mol. The maximum atomic E-state index is 6.45. The minimum absolute atomic E-state index is 0.903. The molecule has 0 bridgehead atoms. The summed E-state index contributed by atoms with van der Waals surface area (Å²) in [5.41, 5.74) is 13.7. The highest BCUT2D eigenvalue weighted by atomic mass is 32.1. The number of thiophene rings is 1. The molecule has 12 aromatic rings. The number of nitrogens with zero attached hydrogens (tertiary/aromatic N) is 1.